The highest BCUT2D eigenvalue weighted by molar-refractivity contribution is 7.71. The van der Waals surface area contributed by atoms with Crippen molar-refractivity contribution in [2.45, 2.75) is 19.6 Å². The Morgan fingerprint density at radius 3 is 2.41 bits per heavy atom. The van der Waals surface area contributed by atoms with Crippen molar-refractivity contribution in [2.75, 3.05) is 7.05 Å². The zero-order valence-electron chi connectivity index (χ0n) is 17.4. The Labute approximate surface area is 201 Å². The van der Waals surface area contributed by atoms with E-state index in [0.29, 0.717) is 34.5 Å². The van der Waals surface area contributed by atoms with Crippen molar-refractivity contribution in [2.24, 2.45) is 0 Å². The molecule has 4 rings (SSSR count). The summed E-state index contributed by atoms with van der Waals surface area (Å²) in [6.07, 6.45) is 0.596. The largest absolute Gasteiger partial charge is 0.283 e. The molecule has 0 bridgehead atoms. The van der Waals surface area contributed by atoms with Crippen LogP contribution in [0.5, 0.6) is 0 Å². The van der Waals surface area contributed by atoms with Crippen LogP contribution >= 0.6 is 35.4 Å². The molecule has 164 valence electrons. The van der Waals surface area contributed by atoms with Gasteiger partial charge < -0.3 is 0 Å². The Morgan fingerprint density at radius 1 is 0.969 bits per heavy atom. The first-order valence-electron chi connectivity index (χ1n) is 10.0. The molecule has 1 heterocycles. The molecule has 0 unspecified atom stereocenters. The summed E-state index contributed by atoms with van der Waals surface area (Å²) in [5.41, 5.74) is 2.81. The summed E-state index contributed by atoms with van der Waals surface area (Å²) < 4.78 is 17.7. The van der Waals surface area contributed by atoms with Gasteiger partial charge in [-0.05, 0) is 60.7 Å². The zero-order valence-corrected chi connectivity index (χ0v) is 19.7. The summed E-state index contributed by atoms with van der Waals surface area (Å²) in [6, 6.07) is 21.9. The van der Waals surface area contributed by atoms with Gasteiger partial charge in [-0.15, -0.1) is 0 Å². The molecule has 4 nitrogen and oxygen atoms in total. The molecule has 3 aromatic carbocycles. The van der Waals surface area contributed by atoms with Crippen LogP contribution in [-0.4, -0.2) is 26.3 Å². The van der Waals surface area contributed by atoms with E-state index in [1.165, 1.54) is 12.1 Å². The maximum atomic E-state index is 13.5. The molecular weight excluding hydrogens is 466 g/mol. The van der Waals surface area contributed by atoms with Gasteiger partial charge in [0.1, 0.15) is 11.6 Å². The molecule has 0 aliphatic rings. The summed E-state index contributed by atoms with van der Waals surface area (Å²) >= 11 is 18.3. The van der Waals surface area contributed by atoms with Gasteiger partial charge in [-0.1, -0.05) is 65.7 Å². The van der Waals surface area contributed by atoms with Crippen LogP contribution in [0, 0.1) is 10.6 Å². The molecule has 0 aliphatic carbocycles. The van der Waals surface area contributed by atoms with Gasteiger partial charge in [-0.25, -0.2) is 9.07 Å². The molecule has 0 atom stereocenters. The normalized spacial score (nSPS) is 11.3. The van der Waals surface area contributed by atoms with Gasteiger partial charge in [0.05, 0.1) is 16.7 Å². The summed E-state index contributed by atoms with van der Waals surface area (Å²) in [6.45, 7) is 1.04. The predicted molar refractivity (Wildman–Crippen MR) is 130 cm³/mol. The fourth-order valence-corrected chi connectivity index (χ4v) is 4.22. The number of hydrogen-bond acceptors (Lipinski definition) is 3. The van der Waals surface area contributed by atoms with Crippen LogP contribution in [0.25, 0.3) is 5.69 Å². The van der Waals surface area contributed by atoms with Crippen molar-refractivity contribution in [1.82, 2.24) is 19.2 Å². The topological polar surface area (TPSA) is 26.0 Å². The van der Waals surface area contributed by atoms with Crippen molar-refractivity contribution in [3.8, 4) is 5.69 Å². The van der Waals surface area contributed by atoms with E-state index in [2.05, 4.69) is 4.90 Å². The first-order valence-corrected chi connectivity index (χ1v) is 11.2. The van der Waals surface area contributed by atoms with Gasteiger partial charge in [-0.3, -0.25) is 9.47 Å². The zero-order chi connectivity index (χ0) is 22.7. The van der Waals surface area contributed by atoms with Crippen molar-refractivity contribution in [1.29, 1.82) is 0 Å². The minimum Gasteiger partial charge on any atom is -0.283 e. The smallest absolute Gasteiger partial charge is 0.203 e. The summed E-state index contributed by atoms with van der Waals surface area (Å²) in [4.78, 5) is 2.06. The fourth-order valence-electron chi connectivity index (χ4n) is 3.53. The summed E-state index contributed by atoms with van der Waals surface area (Å²) in [5.74, 6) is 0.484. The SMILES string of the molecule is CN(Cc1cccc(Cl)c1Cl)Cn1nc(Cc2ccccc2)n(-c2ccc(F)cc2)c1=S. The third kappa shape index (κ3) is 5.10. The lowest BCUT2D eigenvalue weighted by molar-refractivity contribution is 0.243. The van der Waals surface area contributed by atoms with E-state index in [0.717, 1.165) is 22.6 Å². The van der Waals surface area contributed by atoms with Gasteiger partial charge in [0.25, 0.3) is 0 Å². The van der Waals surface area contributed by atoms with Crippen molar-refractivity contribution < 1.29 is 4.39 Å². The van der Waals surface area contributed by atoms with Crippen LogP contribution in [0.4, 0.5) is 4.39 Å². The lowest BCUT2D eigenvalue weighted by atomic mass is 10.1. The molecule has 0 saturated carbocycles. The van der Waals surface area contributed by atoms with Crippen LogP contribution in [0.3, 0.4) is 0 Å². The van der Waals surface area contributed by atoms with Crippen LogP contribution in [0.2, 0.25) is 10.0 Å². The van der Waals surface area contributed by atoms with E-state index < -0.39 is 0 Å². The lowest BCUT2D eigenvalue weighted by Crippen LogP contribution is -2.23. The Bertz CT molecular complexity index is 1270. The summed E-state index contributed by atoms with van der Waals surface area (Å²) in [5, 5.41) is 5.88. The Hall–Kier alpha value is -2.51. The third-order valence-corrected chi connectivity index (χ3v) is 6.29. The molecule has 1 aromatic heterocycles. The molecule has 32 heavy (non-hydrogen) atoms. The molecule has 4 aromatic rings. The van der Waals surface area contributed by atoms with Crippen LogP contribution < -0.4 is 0 Å². The van der Waals surface area contributed by atoms with E-state index in [1.54, 1.807) is 22.9 Å². The average Bonchev–Trinajstić information content (AvgIpc) is 3.07. The first-order chi connectivity index (χ1) is 15.4. The number of benzene rings is 3. The van der Waals surface area contributed by atoms with E-state index in [9.17, 15) is 4.39 Å². The molecule has 8 heteroatoms. The van der Waals surface area contributed by atoms with Gasteiger partial charge in [0, 0.05) is 18.7 Å². The van der Waals surface area contributed by atoms with Gasteiger partial charge in [0.15, 0.2) is 0 Å². The van der Waals surface area contributed by atoms with E-state index in [1.807, 2.05) is 54.1 Å². The van der Waals surface area contributed by atoms with Crippen LogP contribution in [-0.2, 0) is 19.6 Å². The molecule has 0 amide bonds. The number of aromatic nitrogens is 3. The van der Waals surface area contributed by atoms with Crippen molar-refractivity contribution in [3.05, 3.63) is 110 Å². The van der Waals surface area contributed by atoms with E-state index >= 15 is 0 Å². The number of nitrogens with zero attached hydrogens (tertiary/aromatic N) is 4. The Kier molecular flexibility index (Phi) is 7.06. The van der Waals surface area contributed by atoms with Crippen LogP contribution in [0.15, 0.2) is 72.8 Å². The second-order valence-corrected chi connectivity index (χ2v) is 8.69. The monoisotopic (exact) mass is 486 g/mol. The maximum Gasteiger partial charge on any atom is 0.203 e. The third-order valence-electron chi connectivity index (χ3n) is 5.04. The van der Waals surface area contributed by atoms with Gasteiger partial charge >= 0.3 is 0 Å². The van der Waals surface area contributed by atoms with Crippen LogP contribution in [0.1, 0.15) is 17.0 Å². The number of halogens is 3. The molecule has 0 N–H and O–H groups in total. The molecule has 0 fully saturated rings. The minimum atomic E-state index is -0.296. The highest BCUT2D eigenvalue weighted by atomic mass is 35.5. The molecule has 0 aliphatic heterocycles. The molecular formula is C24H21Cl2FN4S. The van der Waals surface area contributed by atoms with Crippen molar-refractivity contribution in [3.63, 3.8) is 0 Å². The molecule has 0 radical (unpaired) electrons. The van der Waals surface area contributed by atoms with Crippen molar-refractivity contribution >= 4 is 35.4 Å². The highest BCUT2D eigenvalue weighted by Gasteiger charge is 2.15. The maximum absolute atomic E-state index is 13.5. The standard InChI is InChI=1S/C24H21Cl2FN4S/c1-29(15-18-8-5-9-21(25)23(18)26)16-30-24(32)31(20-12-10-19(27)11-13-20)22(28-30)14-17-6-3-2-4-7-17/h2-13H,14-16H2,1H3. The lowest BCUT2D eigenvalue weighted by Gasteiger charge is -2.17. The highest BCUT2D eigenvalue weighted by Crippen LogP contribution is 2.26. The van der Waals surface area contributed by atoms with E-state index in [-0.39, 0.29) is 5.82 Å². The van der Waals surface area contributed by atoms with Gasteiger partial charge in [0.2, 0.25) is 4.77 Å². The minimum absolute atomic E-state index is 0.296. The quantitative estimate of drug-likeness (QED) is 0.277. The van der Waals surface area contributed by atoms with E-state index in [4.69, 9.17) is 40.5 Å². The Balaban J connectivity index is 1.66. The molecule has 0 spiro atoms. The molecule has 0 saturated heterocycles. The predicted octanol–water partition coefficient (Wildman–Crippen LogP) is 6.53. The number of rotatable bonds is 7. The average molecular weight is 487 g/mol. The Morgan fingerprint density at radius 2 is 1.69 bits per heavy atom. The second-order valence-electron chi connectivity index (χ2n) is 7.54. The second kappa shape index (κ2) is 9.96. The fraction of sp³-hybridized carbons (Fsp3) is 0.167. The summed E-state index contributed by atoms with van der Waals surface area (Å²) in [7, 11) is 1.97. The number of hydrogen-bond donors (Lipinski definition) is 0. The van der Waals surface area contributed by atoms with Gasteiger partial charge in [-0.2, -0.15) is 5.10 Å². The first kappa shape index (κ1) is 22.7.